The van der Waals surface area contributed by atoms with Crippen molar-refractivity contribution in [3.63, 3.8) is 0 Å². The molecule has 0 atom stereocenters. The van der Waals surface area contributed by atoms with Crippen molar-refractivity contribution >= 4 is 27.3 Å². The zero-order valence-electron chi connectivity index (χ0n) is 13.6. The second kappa shape index (κ2) is 6.60. The Balaban J connectivity index is 2.11. The topological polar surface area (TPSA) is 75.3 Å². The molecule has 128 valence electrons. The van der Waals surface area contributed by atoms with Gasteiger partial charge in [-0.25, -0.2) is 12.8 Å². The zero-order chi connectivity index (χ0) is 18.0. The van der Waals surface area contributed by atoms with Gasteiger partial charge in [-0.3, -0.25) is 9.52 Å². The monoisotopic (exact) mass is 350 g/mol. The minimum atomic E-state index is -3.79. The predicted octanol–water partition coefficient (Wildman–Crippen LogP) is 3.61. The predicted molar refractivity (Wildman–Crippen MR) is 91.7 cm³/mol. The molecular formula is C17H19FN2O3S. The van der Waals surface area contributed by atoms with Crippen molar-refractivity contribution in [3.05, 3.63) is 54.3 Å². The lowest BCUT2D eigenvalue weighted by Gasteiger charge is -2.17. The molecule has 0 aliphatic carbocycles. The lowest BCUT2D eigenvalue weighted by Crippen LogP contribution is -2.27. The smallest absolute Gasteiger partial charge is 0.261 e. The summed E-state index contributed by atoms with van der Waals surface area (Å²) in [6.45, 7) is 5.40. The van der Waals surface area contributed by atoms with Gasteiger partial charge >= 0.3 is 0 Å². The van der Waals surface area contributed by atoms with Crippen molar-refractivity contribution in [2.75, 3.05) is 10.0 Å². The fraction of sp³-hybridized carbons (Fsp3) is 0.235. The summed E-state index contributed by atoms with van der Waals surface area (Å²) in [5, 5.41) is 2.75. The zero-order valence-corrected chi connectivity index (χ0v) is 14.4. The van der Waals surface area contributed by atoms with E-state index in [-0.39, 0.29) is 10.8 Å². The molecule has 0 saturated heterocycles. The van der Waals surface area contributed by atoms with Crippen molar-refractivity contribution in [2.24, 2.45) is 5.41 Å². The van der Waals surface area contributed by atoms with Crippen LogP contribution in [-0.4, -0.2) is 14.3 Å². The molecule has 0 spiro atoms. The maximum atomic E-state index is 12.9. The minimum absolute atomic E-state index is 0.0333. The molecule has 2 N–H and O–H groups in total. The molecule has 2 aromatic rings. The summed E-state index contributed by atoms with van der Waals surface area (Å²) < 4.78 is 39.7. The highest BCUT2D eigenvalue weighted by Gasteiger charge is 2.21. The fourth-order valence-electron chi connectivity index (χ4n) is 1.77. The third-order valence-electron chi connectivity index (χ3n) is 3.20. The van der Waals surface area contributed by atoms with Crippen molar-refractivity contribution in [2.45, 2.75) is 25.7 Å². The second-order valence-electron chi connectivity index (χ2n) is 6.34. The van der Waals surface area contributed by atoms with Crippen molar-refractivity contribution < 1.29 is 17.6 Å². The molecule has 24 heavy (non-hydrogen) atoms. The standard InChI is InChI=1S/C17H19FN2O3S/c1-17(2,3)16(21)19-13-6-8-14(9-7-13)20-24(22,23)15-10-4-12(18)5-11-15/h4-11,20H,1-3H3,(H,19,21). The molecule has 0 saturated carbocycles. The molecule has 0 aliphatic heterocycles. The molecule has 1 amide bonds. The lowest BCUT2D eigenvalue weighted by atomic mass is 9.95. The highest BCUT2D eigenvalue weighted by Crippen LogP contribution is 2.21. The van der Waals surface area contributed by atoms with Crippen LogP contribution in [0.2, 0.25) is 0 Å². The van der Waals surface area contributed by atoms with Gasteiger partial charge in [0.05, 0.1) is 4.90 Å². The van der Waals surface area contributed by atoms with E-state index in [4.69, 9.17) is 0 Å². The van der Waals surface area contributed by atoms with E-state index in [2.05, 4.69) is 10.0 Å². The van der Waals surface area contributed by atoms with Gasteiger partial charge in [-0.2, -0.15) is 0 Å². The van der Waals surface area contributed by atoms with Gasteiger partial charge < -0.3 is 5.32 Å². The molecule has 0 radical (unpaired) electrons. The summed E-state index contributed by atoms with van der Waals surface area (Å²) >= 11 is 0. The molecule has 2 aromatic carbocycles. The van der Waals surface area contributed by atoms with Crippen LogP contribution in [0.15, 0.2) is 53.4 Å². The molecule has 0 aromatic heterocycles. The molecule has 0 unspecified atom stereocenters. The number of hydrogen-bond acceptors (Lipinski definition) is 3. The largest absolute Gasteiger partial charge is 0.326 e. The number of amides is 1. The van der Waals surface area contributed by atoms with Crippen molar-refractivity contribution in [1.82, 2.24) is 0 Å². The van der Waals surface area contributed by atoms with E-state index >= 15 is 0 Å². The Kier molecular flexibility index (Phi) is 4.94. The van der Waals surface area contributed by atoms with Crippen LogP contribution in [0.25, 0.3) is 0 Å². The number of anilines is 2. The SMILES string of the molecule is CC(C)(C)C(=O)Nc1ccc(NS(=O)(=O)c2ccc(F)cc2)cc1. The number of rotatable bonds is 4. The maximum Gasteiger partial charge on any atom is 0.261 e. The number of benzene rings is 2. The molecule has 5 nitrogen and oxygen atoms in total. The van der Waals surface area contributed by atoms with Crippen LogP contribution in [0.4, 0.5) is 15.8 Å². The first-order valence-corrected chi connectivity index (χ1v) is 8.76. The third-order valence-corrected chi connectivity index (χ3v) is 4.60. The lowest BCUT2D eigenvalue weighted by molar-refractivity contribution is -0.123. The van der Waals surface area contributed by atoms with Gasteiger partial charge in [0.25, 0.3) is 10.0 Å². The Bertz CT molecular complexity index is 824. The average Bonchev–Trinajstić information content (AvgIpc) is 2.48. The summed E-state index contributed by atoms with van der Waals surface area (Å²) in [5.41, 5.74) is 0.385. The number of carbonyl (C=O) groups excluding carboxylic acids is 1. The summed E-state index contributed by atoms with van der Waals surface area (Å²) in [6, 6.07) is 10.8. The molecule has 0 heterocycles. The molecule has 0 aliphatic rings. The van der Waals surface area contributed by atoms with Crippen LogP contribution in [0, 0.1) is 11.2 Å². The summed E-state index contributed by atoms with van der Waals surface area (Å²) in [7, 11) is -3.79. The van der Waals surface area contributed by atoms with Gasteiger partial charge in [-0.15, -0.1) is 0 Å². The van der Waals surface area contributed by atoms with Crippen LogP contribution in [0.5, 0.6) is 0 Å². The Morgan fingerprint density at radius 2 is 1.42 bits per heavy atom. The summed E-state index contributed by atoms with van der Waals surface area (Å²) in [4.78, 5) is 11.9. The van der Waals surface area contributed by atoms with Crippen LogP contribution < -0.4 is 10.0 Å². The second-order valence-corrected chi connectivity index (χ2v) is 8.02. The Morgan fingerprint density at radius 3 is 1.92 bits per heavy atom. The first-order chi connectivity index (χ1) is 11.1. The average molecular weight is 350 g/mol. The van der Waals surface area contributed by atoms with Crippen LogP contribution in [0.1, 0.15) is 20.8 Å². The minimum Gasteiger partial charge on any atom is -0.326 e. The van der Waals surface area contributed by atoms with Gasteiger partial charge in [-0.05, 0) is 48.5 Å². The number of nitrogens with one attached hydrogen (secondary N) is 2. The quantitative estimate of drug-likeness (QED) is 0.884. The third kappa shape index (κ3) is 4.55. The number of hydrogen-bond donors (Lipinski definition) is 2. The normalized spacial score (nSPS) is 11.8. The number of carbonyl (C=O) groups is 1. The van der Waals surface area contributed by atoms with Crippen molar-refractivity contribution in [3.8, 4) is 0 Å². The van der Waals surface area contributed by atoms with Crippen LogP contribution >= 0.6 is 0 Å². The Labute approximate surface area is 141 Å². The molecule has 2 rings (SSSR count). The highest BCUT2D eigenvalue weighted by molar-refractivity contribution is 7.92. The molecule has 0 fully saturated rings. The summed E-state index contributed by atoms with van der Waals surface area (Å²) in [6.07, 6.45) is 0. The van der Waals surface area contributed by atoms with E-state index in [1.54, 1.807) is 45.0 Å². The number of sulfonamides is 1. The Hall–Kier alpha value is -2.41. The van der Waals surface area contributed by atoms with E-state index in [1.807, 2.05) is 0 Å². The molecular weight excluding hydrogens is 331 g/mol. The van der Waals surface area contributed by atoms with Gasteiger partial charge in [-0.1, -0.05) is 20.8 Å². The molecule has 0 bridgehead atoms. The van der Waals surface area contributed by atoms with Gasteiger partial charge in [0.15, 0.2) is 0 Å². The van der Waals surface area contributed by atoms with E-state index in [9.17, 15) is 17.6 Å². The fourth-order valence-corrected chi connectivity index (χ4v) is 2.83. The first-order valence-electron chi connectivity index (χ1n) is 7.28. The number of halogens is 1. The van der Waals surface area contributed by atoms with Gasteiger partial charge in [0, 0.05) is 16.8 Å². The first kappa shape index (κ1) is 17.9. The highest BCUT2D eigenvalue weighted by atomic mass is 32.2. The van der Waals surface area contributed by atoms with Crippen LogP contribution in [0.3, 0.4) is 0 Å². The Morgan fingerprint density at radius 1 is 0.917 bits per heavy atom. The van der Waals surface area contributed by atoms with E-state index < -0.39 is 21.3 Å². The van der Waals surface area contributed by atoms with E-state index in [0.29, 0.717) is 11.4 Å². The van der Waals surface area contributed by atoms with Gasteiger partial charge in [0.1, 0.15) is 5.82 Å². The summed E-state index contributed by atoms with van der Waals surface area (Å²) in [5.74, 6) is -0.643. The van der Waals surface area contributed by atoms with Gasteiger partial charge in [0.2, 0.25) is 5.91 Å². The van der Waals surface area contributed by atoms with Crippen LogP contribution in [-0.2, 0) is 14.8 Å². The van der Waals surface area contributed by atoms with Crippen molar-refractivity contribution in [1.29, 1.82) is 0 Å². The van der Waals surface area contributed by atoms with E-state index in [1.165, 1.54) is 12.1 Å². The maximum absolute atomic E-state index is 12.9. The molecule has 7 heteroatoms. The van der Waals surface area contributed by atoms with E-state index in [0.717, 1.165) is 12.1 Å².